The Morgan fingerprint density at radius 2 is 1.79 bits per heavy atom. The zero-order valence-electron chi connectivity index (χ0n) is 26.6. The molecule has 0 spiro atoms. The van der Waals surface area contributed by atoms with E-state index < -0.39 is 11.9 Å². The van der Waals surface area contributed by atoms with Crippen LogP contribution >= 0.6 is 11.6 Å². The second kappa shape index (κ2) is 14.1. The standard InChI is InChI=1S/C37H41ClN6O3/c1-22-7-16-31-28(18-22)6-3-17-44(31)37(47)29-5-2-4-24(19-29)20-30(41-36(46)27-10-8-23(21-39)9-11-27)35-42-32(33(38)43-35)25-12-14-26(15-13-25)34(40)45/h2,4-5,7,12-16,18-19,23,27,30H,3,6,8-11,17,20-21,39H2,1H3,(H2,40,45)(H,41,46)(H,42,43). The van der Waals surface area contributed by atoms with Crippen molar-refractivity contribution in [2.24, 2.45) is 23.3 Å². The molecule has 0 radical (unpaired) electrons. The summed E-state index contributed by atoms with van der Waals surface area (Å²) >= 11 is 6.67. The number of primary amides is 1. The number of aromatic amines is 1. The lowest BCUT2D eigenvalue weighted by Crippen LogP contribution is -2.38. The quantitative estimate of drug-likeness (QED) is 0.178. The van der Waals surface area contributed by atoms with E-state index in [9.17, 15) is 14.4 Å². The van der Waals surface area contributed by atoms with Crippen molar-refractivity contribution < 1.29 is 14.4 Å². The smallest absolute Gasteiger partial charge is 0.258 e. The van der Waals surface area contributed by atoms with Crippen LogP contribution in [0.3, 0.4) is 0 Å². The Morgan fingerprint density at radius 1 is 1.02 bits per heavy atom. The van der Waals surface area contributed by atoms with Crippen molar-refractivity contribution in [1.29, 1.82) is 0 Å². The molecule has 244 valence electrons. The van der Waals surface area contributed by atoms with E-state index in [4.69, 9.17) is 28.1 Å². The van der Waals surface area contributed by atoms with E-state index in [0.29, 0.717) is 58.8 Å². The Hall–Kier alpha value is -4.47. The van der Waals surface area contributed by atoms with Crippen molar-refractivity contribution >= 4 is 35.0 Å². The maximum absolute atomic E-state index is 13.8. The first-order chi connectivity index (χ1) is 22.7. The highest BCUT2D eigenvalue weighted by Gasteiger charge is 2.30. The van der Waals surface area contributed by atoms with Crippen molar-refractivity contribution in [3.63, 3.8) is 0 Å². The number of amides is 3. The molecule has 10 heteroatoms. The molecule has 4 aromatic rings. The van der Waals surface area contributed by atoms with Crippen molar-refractivity contribution in [2.45, 2.75) is 57.9 Å². The summed E-state index contributed by atoms with van der Waals surface area (Å²) in [6, 6.07) is 20.1. The Balaban J connectivity index is 1.27. The zero-order valence-corrected chi connectivity index (χ0v) is 27.4. The van der Waals surface area contributed by atoms with Crippen molar-refractivity contribution in [3.8, 4) is 11.3 Å². The number of nitrogens with zero attached hydrogens (tertiary/aromatic N) is 2. The van der Waals surface area contributed by atoms with Gasteiger partial charge in [-0.2, -0.15) is 0 Å². The third-order valence-electron chi connectivity index (χ3n) is 9.53. The van der Waals surface area contributed by atoms with Gasteiger partial charge in [0, 0.05) is 34.8 Å². The first-order valence-corrected chi connectivity index (χ1v) is 16.7. The van der Waals surface area contributed by atoms with Gasteiger partial charge in [-0.05, 0) is 106 Å². The van der Waals surface area contributed by atoms with Crippen LogP contribution in [-0.4, -0.2) is 40.8 Å². The van der Waals surface area contributed by atoms with Crippen LogP contribution in [0.4, 0.5) is 5.69 Å². The van der Waals surface area contributed by atoms with Gasteiger partial charge < -0.3 is 26.7 Å². The lowest BCUT2D eigenvalue weighted by molar-refractivity contribution is -0.127. The van der Waals surface area contributed by atoms with Gasteiger partial charge in [0.2, 0.25) is 11.8 Å². The number of aryl methyl sites for hydroxylation is 2. The van der Waals surface area contributed by atoms with Crippen LogP contribution in [0.1, 0.15) is 81.4 Å². The summed E-state index contributed by atoms with van der Waals surface area (Å²) in [5.41, 5.74) is 17.7. The lowest BCUT2D eigenvalue weighted by Gasteiger charge is -2.30. The van der Waals surface area contributed by atoms with Gasteiger partial charge >= 0.3 is 0 Å². The van der Waals surface area contributed by atoms with Gasteiger partial charge in [-0.15, -0.1) is 0 Å². The molecule has 0 saturated heterocycles. The molecule has 47 heavy (non-hydrogen) atoms. The third kappa shape index (κ3) is 7.26. The normalized spacial score (nSPS) is 18.3. The van der Waals surface area contributed by atoms with Gasteiger partial charge in [-0.1, -0.05) is 53.6 Å². The highest BCUT2D eigenvalue weighted by atomic mass is 35.5. The molecular weight excluding hydrogens is 612 g/mol. The summed E-state index contributed by atoms with van der Waals surface area (Å²) < 4.78 is 0. The van der Waals surface area contributed by atoms with Crippen LogP contribution in [0, 0.1) is 18.8 Å². The topological polar surface area (TPSA) is 147 Å². The minimum Gasteiger partial charge on any atom is -0.366 e. The van der Waals surface area contributed by atoms with Crippen LogP contribution in [0.2, 0.25) is 5.15 Å². The van der Waals surface area contributed by atoms with E-state index in [0.717, 1.165) is 49.8 Å². The molecule has 1 aliphatic heterocycles. The second-order valence-corrected chi connectivity index (χ2v) is 13.2. The van der Waals surface area contributed by atoms with Crippen LogP contribution in [-0.2, 0) is 17.6 Å². The number of H-pyrrole nitrogens is 1. The maximum atomic E-state index is 13.8. The summed E-state index contributed by atoms with van der Waals surface area (Å²) in [5.74, 6) is 0.258. The molecule has 1 aromatic heterocycles. The third-order valence-corrected chi connectivity index (χ3v) is 9.80. The van der Waals surface area contributed by atoms with Gasteiger partial charge in [-0.25, -0.2) is 4.98 Å². The fourth-order valence-corrected chi connectivity index (χ4v) is 7.09. The number of carbonyl (C=O) groups excluding carboxylic acids is 3. The van der Waals surface area contributed by atoms with E-state index in [2.05, 4.69) is 23.3 Å². The van der Waals surface area contributed by atoms with Crippen LogP contribution in [0.5, 0.6) is 0 Å². The number of anilines is 1. The highest BCUT2D eigenvalue weighted by Crippen LogP contribution is 2.33. The number of carbonyl (C=O) groups is 3. The maximum Gasteiger partial charge on any atom is 0.258 e. The molecular formula is C37H41ClN6O3. The van der Waals surface area contributed by atoms with E-state index in [1.54, 1.807) is 24.3 Å². The Morgan fingerprint density at radius 3 is 2.51 bits per heavy atom. The van der Waals surface area contributed by atoms with E-state index in [1.165, 1.54) is 11.1 Å². The molecule has 1 saturated carbocycles. The summed E-state index contributed by atoms with van der Waals surface area (Å²) in [5, 5.41) is 3.57. The molecule has 2 heterocycles. The van der Waals surface area contributed by atoms with Crippen LogP contribution in [0.15, 0.2) is 66.7 Å². The molecule has 9 nitrogen and oxygen atoms in total. The first-order valence-electron chi connectivity index (χ1n) is 16.4. The van der Waals surface area contributed by atoms with Gasteiger partial charge in [0.1, 0.15) is 16.7 Å². The monoisotopic (exact) mass is 652 g/mol. The Labute approximate surface area is 280 Å². The molecule has 0 bridgehead atoms. The molecule has 3 aromatic carbocycles. The SMILES string of the molecule is Cc1ccc2c(c1)CCCN2C(=O)c1cccc(CC(NC(=O)C2CCC(CN)CC2)c2nc(-c3ccc(C(N)=O)cc3)c(Cl)[nH]2)c1. The number of nitrogens with one attached hydrogen (secondary N) is 2. The fraction of sp³-hybridized carbons (Fsp3) is 0.351. The number of rotatable bonds is 9. The van der Waals surface area contributed by atoms with Gasteiger partial charge in [0.05, 0.1) is 6.04 Å². The number of hydrogen-bond acceptors (Lipinski definition) is 5. The van der Waals surface area contributed by atoms with Crippen molar-refractivity contribution in [1.82, 2.24) is 15.3 Å². The summed E-state index contributed by atoms with van der Waals surface area (Å²) in [6.07, 6.45) is 5.70. The van der Waals surface area contributed by atoms with Gasteiger partial charge in [0.25, 0.3) is 5.91 Å². The predicted octanol–water partition coefficient (Wildman–Crippen LogP) is 5.90. The lowest BCUT2D eigenvalue weighted by atomic mass is 9.81. The molecule has 1 aliphatic carbocycles. The first kappa shape index (κ1) is 32.5. The number of aromatic nitrogens is 2. The van der Waals surface area contributed by atoms with E-state index in [1.807, 2.05) is 41.3 Å². The Kier molecular flexibility index (Phi) is 9.75. The molecule has 1 fully saturated rings. The van der Waals surface area contributed by atoms with Crippen LogP contribution < -0.4 is 21.7 Å². The number of nitrogens with two attached hydrogens (primary N) is 2. The zero-order chi connectivity index (χ0) is 33.1. The van der Waals surface area contributed by atoms with Crippen molar-refractivity contribution in [3.05, 3.63) is 106 Å². The predicted molar refractivity (Wildman–Crippen MR) is 184 cm³/mol. The number of halogens is 1. The highest BCUT2D eigenvalue weighted by molar-refractivity contribution is 6.32. The van der Waals surface area contributed by atoms with E-state index >= 15 is 0 Å². The summed E-state index contributed by atoms with van der Waals surface area (Å²) in [7, 11) is 0. The van der Waals surface area contributed by atoms with Gasteiger partial charge in [-0.3, -0.25) is 14.4 Å². The second-order valence-electron chi connectivity index (χ2n) is 12.8. The minimum absolute atomic E-state index is 0.0298. The molecule has 3 amide bonds. The number of fused-ring (bicyclic) bond motifs is 1. The average Bonchev–Trinajstić information content (AvgIpc) is 3.48. The summed E-state index contributed by atoms with van der Waals surface area (Å²) in [6.45, 7) is 3.38. The van der Waals surface area contributed by atoms with E-state index in [-0.39, 0.29) is 17.7 Å². The molecule has 1 unspecified atom stereocenters. The average molecular weight is 653 g/mol. The van der Waals surface area contributed by atoms with Gasteiger partial charge in [0.15, 0.2) is 0 Å². The molecule has 6 rings (SSSR count). The van der Waals surface area contributed by atoms with Crippen molar-refractivity contribution in [2.75, 3.05) is 18.0 Å². The fourth-order valence-electron chi connectivity index (χ4n) is 6.84. The minimum atomic E-state index is -0.532. The summed E-state index contributed by atoms with van der Waals surface area (Å²) in [4.78, 5) is 48.9. The number of hydrogen-bond donors (Lipinski definition) is 4. The number of benzene rings is 3. The molecule has 6 N–H and O–H groups in total. The number of imidazole rings is 1. The van der Waals surface area contributed by atoms with Crippen LogP contribution in [0.25, 0.3) is 11.3 Å². The Bertz CT molecular complexity index is 1780. The molecule has 1 atom stereocenters. The largest absolute Gasteiger partial charge is 0.366 e. The molecule has 2 aliphatic rings.